The Balaban J connectivity index is 0.000001000. The predicted octanol–water partition coefficient (Wildman–Crippen LogP) is 1.59. The van der Waals surface area contributed by atoms with Gasteiger partial charge in [0, 0.05) is 0 Å². The normalized spacial score (nSPS) is 7.09. The number of nitriles is 2. The van der Waals surface area contributed by atoms with Crippen LogP contribution in [0, 0.1) is 22.7 Å². The van der Waals surface area contributed by atoms with Gasteiger partial charge in [-0.15, -0.1) is 0 Å². The van der Waals surface area contributed by atoms with Crippen LogP contribution in [0.25, 0.3) is 0 Å². The Hall–Kier alpha value is -1.84. The highest BCUT2D eigenvalue weighted by Crippen LogP contribution is 2.00. The van der Waals surface area contributed by atoms with Gasteiger partial charge in [0.05, 0.1) is 23.3 Å². The quantitative estimate of drug-likeness (QED) is 0.601. The average molecular weight is 145 g/mol. The molecular weight excluding hydrogens is 138 g/mol. The highest BCUT2D eigenvalue weighted by atomic mass is 14.2. The van der Waals surface area contributed by atoms with Gasteiger partial charge in [-0.05, 0) is 24.3 Å². The zero-order chi connectivity index (χ0) is 7.40. The molecule has 0 spiro atoms. The molecule has 0 amide bonds. The van der Waals surface area contributed by atoms with Gasteiger partial charge in [0.15, 0.2) is 0 Å². The largest absolute Gasteiger partial charge is 0.344 e. The molecule has 0 fully saturated rings. The molecule has 11 heavy (non-hydrogen) atoms. The standard InChI is InChI=1S/C8H4N2.H3N/c9-5-7-1-2-8(6-10)4-3-7;/h1-4H;1H3. The number of hydrogen-bond donors (Lipinski definition) is 1. The maximum Gasteiger partial charge on any atom is 0.0991 e. The van der Waals surface area contributed by atoms with E-state index in [1.54, 1.807) is 24.3 Å². The molecule has 1 rings (SSSR count). The first-order chi connectivity index (χ1) is 4.86. The third-order valence-corrected chi connectivity index (χ3v) is 1.14. The number of hydrogen-bond acceptors (Lipinski definition) is 3. The van der Waals surface area contributed by atoms with Crippen molar-refractivity contribution in [2.24, 2.45) is 0 Å². The van der Waals surface area contributed by atoms with Gasteiger partial charge >= 0.3 is 0 Å². The molecule has 3 N–H and O–H groups in total. The zero-order valence-electron chi connectivity index (χ0n) is 5.91. The van der Waals surface area contributed by atoms with Crippen molar-refractivity contribution in [2.45, 2.75) is 0 Å². The van der Waals surface area contributed by atoms with Gasteiger partial charge in [-0.2, -0.15) is 10.5 Å². The molecule has 0 saturated carbocycles. The third kappa shape index (κ3) is 2.09. The minimum atomic E-state index is 0. The molecule has 0 saturated heterocycles. The van der Waals surface area contributed by atoms with E-state index in [9.17, 15) is 0 Å². The molecule has 0 aliphatic heterocycles. The van der Waals surface area contributed by atoms with Crippen molar-refractivity contribution >= 4 is 0 Å². The fraction of sp³-hybridized carbons (Fsp3) is 0. The molecule has 0 heterocycles. The lowest BCUT2D eigenvalue weighted by Gasteiger charge is -1.85. The molecule has 1 aromatic carbocycles. The van der Waals surface area contributed by atoms with E-state index in [4.69, 9.17) is 10.5 Å². The van der Waals surface area contributed by atoms with Crippen LogP contribution in [0.15, 0.2) is 24.3 Å². The Morgan fingerprint density at radius 3 is 1.27 bits per heavy atom. The second-order valence-corrected chi connectivity index (χ2v) is 1.80. The van der Waals surface area contributed by atoms with Crippen LogP contribution in [-0.2, 0) is 0 Å². The second-order valence-electron chi connectivity index (χ2n) is 1.80. The maximum absolute atomic E-state index is 8.37. The summed E-state index contributed by atoms with van der Waals surface area (Å²) in [5.41, 5.74) is 1.16. The molecule has 0 bridgehead atoms. The molecule has 1 aromatic rings. The average Bonchev–Trinajstić information content (AvgIpc) is 2.05. The van der Waals surface area contributed by atoms with Crippen LogP contribution in [0.3, 0.4) is 0 Å². The number of benzene rings is 1. The van der Waals surface area contributed by atoms with Gasteiger partial charge in [-0.25, -0.2) is 0 Å². The second kappa shape index (κ2) is 4.05. The molecule has 0 radical (unpaired) electrons. The molecule has 3 heteroatoms. The third-order valence-electron chi connectivity index (χ3n) is 1.14. The van der Waals surface area contributed by atoms with Crippen molar-refractivity contribution in [1.82, 2.24) is 6.15 Å². The van der Waals surface area contributed by atoms with Gasteiger partial charge in [-0.3, -0.25) is 0 Å². The minimum absolute atomic E-state index is 0. The van der Waals surface area contributed by atoms with E-state index in [-0.39, 0.29) is 6.15 Å². The van der Waals surface area contributed by atoms with Crippen LogP contribution in [0.5, 0.6) is 0 Å². The topological polar surface area (TPSA) is 82.6 Å². The number of rotatable bonds is 0. The lowest BCUT2D eigenvalue weighted by molar-refractivity contribution is 1.45. The van der Waals surface area contributed by atoms with E-state index in [1.807, 2.05) is 12.1 Å². The fourth-order valence-corrected chi connectivity index (χ4v) is 0.619. The van der Waals surface area contributed by atoms with Crippen LogP contribution < -0.4 is 6.15 Å². The lowest BCUT2D eigenvalue weighted by atomic mass is 10.2. The van der Waals surface area contributed by atoms with Gasteiger partial charge in [0.2, 0.25) is 0 Å². The summed E-state index contributed by atoms with van der Waals surface area (Å²) in [5, 5.41) is 16.7. The fourth-order valence-electron chi connectivity index (χ4n) is 0.619. The summed E-state index contributed by atoms with van der Waals surface area (Å²) >= 11 is 0. The van der Waals surface area contributed by atoms with E-state index in [1.165, 1.54) is 0 Å². The first-order valence-electron chi connectivity index (χ1n) is 2.77. The Morgan fingerprint density at radius 1 is 0.818 bits per heavy atom. The van der Waals surface area contributed by atoms with Gasteiger partial charge < -0.3 is 6.15 Å². The van der Waals surface area contributed by atoms with E-state index < -0.39 is 0 Å². The summed E-state index contributed by atoms with van der Waals surface area (Å²) in [6, 6.07) is 10.4. The zero-order valence-corrected chi connectivity index (χ0v) is 5.91. The van der Waals surface area contributed by atoms with Gasteiger partial charge in [0.25, 0.3) is 0 Å². The Bertz CT molecular complexity index is 267. The van der Waals surface area contributed by atoms with Crippen molar-refractivity contribution in [1.29, 1.82) is 10.5 Å². The Kier molecular flexibility index (Phi) is 3.37. The van der Waals surface area contributed by atoms with Crippen molar-refractivity contribution < 1.29 is 0 Å². The molecule has 3 nitrogen and oxygen atoms in total. The van der Waals surface area contributed by atoms with E-state index in [0.717, 1.165) is 0 Å². The van der Waals surface area contributed by atoms with Crippen molar-refractivity contribution in [2.75, 3.05) is 0 Å². The first-order valence-corrected chi connectivity index (χ1v) is 2.77. The molecular formula is C8H7N3. The predicted molar refractivity (Wildman–Crippen MR) is 40.9 cm³/mol. The van der Waals surface area contributed by atoms with Crippen LogP contribution in [0.4, 0.5) is 0 Å². The van der Waals surface area contributed by atoms with Gasteiger partial charge in [-0.1, -0.05) is 0 Å². The molecule has 0 aliphatic carbocycles. The van der Waals surface area contributed by atoms with Crippen LogP contribution in [0.2, 0.25) is 0 Å². The monoisotopic (exact) mass is 145 g/mol. The lowest BCUT2D eigenvalue weighted by Crippen LogP contribution is -1.74. The Morgan fingerprint density at radius 2 is 1.09 bits per heavy atom. The van der Waals surface area contributed by atoms with Crippen LogP contribution >= 0.6 is 0 Å². The van der Waals surface area contributed by atoms with Gasteiger partial charge in [0.1, 0.15) is 0 Å². The summed E-state index contributed by atoms with van der Waals surface area (Å²) < 4.78 is 0. The SMILES string of the molecule is N.N#Cc1ccc(C#N)cc1. The maximum atomic E-state index is 8.37. The summed E-state index contributed by atoms with van der Waals surface area (Å²) in [4.78, 5) is 0. The summed E-state index contributed by atoms with van der Waals surface area (Å²) in [6.45, 7) is 0. The van der Waals surface area contributed by atoms with Crippen molar-refractivity contribution in [3.05, 3.63) is 35.4 Å². The summed E-state index contributed by atoms with van der Waals surface area (Å²) in [5.74, 6) is 0. The van der Waals surface area contributed by atoms with Crippen molar-refractivity contribution in [3.8, 4) is 12.1 Å². The smallest absolute Gasteiger partial charge is 0.0991 e. The van der Waals surface area contributed by atoms with Crippen LogP contribution in [0.1, 0.15) is 11.1 Å². The van der Waals surface area contributed by atoms with Crippen molar-refractivity contribution in [3.63, 3.8) is 0 Å². The minimum Gasteiger partial charge on any atom is -0.344 e. The highest BCUT2D eigenvalue weighted by molar-refractivity contribution is 5.36. The Labute approximate surface area is 65.1 Å². The van der Waals surface area contributed by atoms with E-state index in [2.05, 4.69) is 0 Å². The summed E-state index contributed by atoms with van der Waals surface area (Å²) in [7, 11) is 0. The molecule has 0 unspecified atom stereocenters. The van der Waals surface area contributed by atoms with Crippen LogP contribution in [-0.4, -0.2) is 0 Å². The highest BCUT2D eigenvalue weighted by Gasteiger charge is 1.88. The molecule has 54 valence electrons. The molecule has 0 aliphatic rings. The molecule has 0 atom stereocenters. The summed E-state index contributed by atoms with van der Waals surface area (Å²) in [6.07, 6.45) is 0. The first kappa shape index (κ1) is 9.16. The molecule has 0 aromatic heterocycles. The van der Waals surface area contributed by atoms with E-state index >= 15 is 0 Å². The van der Waals surface area contributed by atoms with E-state index in [0.29, 0.717) is 11.1 Å². The number of nitrogens with zero attached hydrogens (tertiary/aromatic N) is 2.